The van der Waals surface area contributed by atoms with Crippen molar-refractivity contribution >= 4 is 5.97 Å². The number of methoxy groups -OCH3 is 1. The lowest BCUT2D eigenvalue weighted by Crippen LogP contribution is -2.46. The van der Waals surface area contributed by atoms with Gasteiger partial charge in [-0.05, 0) is 60.9 Å². The Bertz CT molecular complexity index is 756. The smallest absolute Gasteiger partial charge is 0.338 e. The molecule has 1 heterocycles. The maximum atomic E-state index is 12.1. The molecular formula is C22H25NO2. The van der Waals surface area contributed by atoms with Gasteiger partial charge < -0.3 is 4.74 Å². The molecule has 2 aromatic rings. The monoisotopic (exact) mass is 335 g/mol. The van der Waals surface area contributed by atoms with Gasteiger partial charge in [-0.15, -0.1) is 0 Å². The van der Waals surface area contributed by atoms with Gasteiger partial charge >= 0.3 is 5.97 Å². The van der Waals surface area contributed by atoms with Crippen LogP contribution in [0.25, 0.3) is 0 Å². The fourth-order valence-corrected chi connectivity index (χ4v) is 4.71. The van der Waals surface area contributed by atoms with Crippen LogP contribution in [0.4, 0.5) is 0 Å². The van der Waals surface area contributed by atoms with E-state index in [0.717, 1.165) is 24.9 Å². The number of carbonyl (C=O) groups excluding carboxylic acids is 1. The fourth-order valence-electron chi connectivity index (χ4n) is 4.71. The summed E-state index contributed by atoms with van der Waals surface area (Å²) in [6.45, 7) is 2.19. The number of carbonyl (C=O) groups is 1. The summed E-state index contributed by atoms with van der Waals surface area (Å²) in [4.78, 5) is 14.8. The molecule has 1 saturated heterocycles. The van der Waals surface area contributed by atoms with Gasteiger partial charge in [0, 0.05) is 12.6 Å². The summed E-state index contributed by atoms with van der Waals surface area (Å²) in [5, 5.41) is 0. The van der Waals surface area contributed by atoms with E-state index < -0.39 is 0 Å². The van der Waals surface area contributed by atoms with Crippen molar-refractivity contribution in [3.8, 4) is 0 Å². The lowest BCUT2D eigenvalue weighted by Gasteiger charge is -2.45. The molecule has 0 spiro atoms. The molecule has 2 aromatic carbocycles. The number of hydrogen-bond acceptors (Lipinski definition) is 3. The molecule has 130 valence electrons. The van der Waals surface area contributed by atoms with Crippen LogP contribution < -0.4 is 0 Å². The molecular weight excluding hydrogens is 310 g/mol. The topological polar surface area (TPSA) is 29.5 Å². The van der Waals surface area contributed by atoms with E-state index >= 15 is 0 Å². The maximum absolute atomic E-state index is 12.1. The maximum Gasteiger partial charge on any atom is 0.338 e. The molecule has 1 aliphatic carbocycles. The quantitative estimate of drug-likeness (QED) is 0.789. The van der Waals surface area contributed by atoms with Crippen LogP contribution >= 0.6 is 0 Å². The Labute approximate surface area is 149 Å². The Morgan fingerprint density at radius 2 is 1.96 bits per heavy atom. The van der Waals surface area contributed by atoms with Gasteiger partial charge in [0.2, 0.25) is 0 Å². The predicted molar refractivity (Wildman–Crippen MR) is 98.7 cm³/mol. The summed E-state index contributed by atoms with van der Waals surface area (Å²) in [6.07, 6.45) is 4.52. The van der Waals surface area contributed by atoms with Crippen molar-refractivity contribution in [2.24, 2.45) is 0 Å². The highest BCUT2D eigenvalue weighted by atomic mass is 16.5. The summed E-state index contributed by atoms with van der Waals surface area (Å²) < 4.78 is 4.99. The number of fused-ring (bicyclic) bond motifs is 3. The Morgan fingerprint density at radius 3 is 2.76 bits per heavy atom. The van der Waals surface area contributed by atoms with Crippen LogP contribution in [0.3, 0.4) is 0 Å². The van der Waals surface area contributed by atoms with Gasteiger partial charge in [0.1, 0.15) is 0 Å². The van der Waals surface area contributed by atoms with Crippen LogP contribution in [0.15, 0.2) is 48.5 Å². The molecule has 25 heavy (non-hydrogen) atoms. The van der Waals surface area contributed by atoms with Crippen LogP contribution in [0, 0.1) is 0 Å². The fraction of sp³-hybridized carbons (Fsp3) is 0.409. The van der Waals surface area contributed by atoms with Gasteiger partial charge in [-0.3, -0.25) is 4.90 Å². The zero-order valence-electron chi connectivity index (χ0n) is 14.8. The number of esters is 1. The third-order valence-corrected chi connectivity index (χ3v) is 5.83. The predicted octanol–water partition coefficient (Wildman–Crippen LogP) is 4.17. The minimum absolute atomic E-state index is 0.202. The second-order valence-electron chi connectivity index (χ2n) is 7.18. The highest BCUT2D eigenvalue weighted by Gasteiger charge is 2.37. The van der Waals surface area contributed by atoms with Crippen LogP contribution in [0.1, 0.15) is 52.2 Å². The van der Waals surface area contributed by atoms with E-state index in [1.165, 1.54) is 43.2 Å². The minimum atomic E-state index is -0.202. The lowest BCUT2D eigenvalue weighted by molar-refractivity contribution is 0.0596. The summed E-state index contributed by atoms with van der Waals surface area (Å²) in [7, 11) is 1.47. The van der Waals surface area contributed by atoms with Crippen molar-refractivity contribution in [3.05, 3.63) is 70.8 Å². The molecule has 0 aromatic heterocycles. The van der Waals surface area contributed by atoms with Crippen LogP contribution in [0.2, 0.25) is 0 Å². The second-order valence-corrected chi connectivity index (χ2v) is 7.18. The summed E-state index contributed by atoms with van der Waals surface area (Å²) in [5.74, 6) is 0.332. The highest BCUT2D eigenvalue weighted by Crippen LogP contribution is 2.42. The van der Waals surface area contributed by atoms with Crippen LogP contribution in [0.5, 0.6) is 0 Å². The van der Waals surface area contributed by atoms with Gasteiger partial charge in [-0.1, -0.05) is 42.5 Å². The van der Waals surface area contributed by atoms with Crippen LogP contribution in [-0.2, 0) is 17.7 Å². The molecule has 4 rings (SSSR count). The van der Waals surface area contributed by atoms with Crippen molar-refractivity contribution in [2.45, 2.75) is 44.2 Å². The second kappa shape index (κ2) is 7.01. The van der Waals surface area contributed by atoms with E-state index in [1.807, 2.05) is 12.1 Å². The van der Waals surface area contributed by atoms with E-state index in [2.05, 4.69) is 41.3 Å². The van der Waals surface area contributed by atoms with E-state index in [1.54, 1.807) is 0 Å². The molecule has 2 unspecified atom stereocenters. The van der Waals surface area contributed by atoms with Crippen molar-refractivity contribution in [1.29, 1.82) is 0 Å². The number of benzene rings is 2. The number of likely N-dealkylation sites (tertiary alicyclic amines) is 1. The lowest BCUT2D eigenvalue weighted by atomic mass is 9.73. The largest absolute Gasteiger partial charge is 0.465 e. The molecule has 3 heteroatoms. The van der Waals surface area contributed by atoms with Crippen molar-refractivity contribution in [1.82, 2.24) is 4.90 Å². The first-order chi connectivity index (χ1) is 12.3. The Hall–Kier alpha value is -2.13. The first-order valence-electron chi connectivity index (χ1n) is 9.26. The number of ether oxygens (including phenoxy) is 1. The van der Waals surface area contributed by atoms with E-state index in [9.17, 15) is 4.79 Å². The molecule has 0 N–H and O–H groups in total. The minimum Gasteiger partial charge on any atom is -0.465 e. The van der Waals surface area contributed by atoms with E-state index in [-0.39, 0.29) is 5.97 Å². The van der Waals surface area contributed by atoms with Gasteiger partial charge in [0.15, 0.2) is 0 Å². The van der Waals surface area contributed by atoms with Crippen molar-refractivity contribution in [3.63, 3.8) is 0 Å². The summed E-state index contributed by atoms with van der Waals surface area (Å²) in [5.41, 5.74) is 4.74. The first-order valence-corrected chi connectivity index (χ1v) is 9.26. The number of rotatable bonds is 3. The number of piperidine rings is 1. The molecule has 1 aliphatic heterocycles. The van der Waals surface area contributed by atoms with E-state index in [4.69, 9.17) is 4.74 Å². The normalized spacial score (nSPS) is 22.8. The van der Waals surface area contributed by atoms with Gasteiger partial charge in [-0.2, -0.15) is 0 Å². The SMILES string of the molecule is COC(=O)c1cccc2c1CCC1C2CCCN1Cc1ccccc1. The van der Waals surface area contributed by atoms with Gasteiger partial charge in [0.25, 0.3) is 0 Å². The Kier molecular flexibility index (Phi) is 4.58. The average molecular weight is 335 g/mol. The number of hydrogen-bond donors (Lipinski definition) is 0. The third-order valence-electron chi connectivity index (χ3n) is 5.83. The standard InChI is InChI=1S/C22H25NO2/c1-25-22(24)20-10-5-9-17-18(20)12-13-21-19(17)11-6-14-23(21)15-16-7-3-2-4-8-16/h2-5,7-10,19,21H,6,11-15H2,1H3. The zero-order chi connectivity index (χ0) is 17.2. The summed E-state index contributed by atoms with van der Waals surface area (Å²) in [6, 6.07) is 17.5. The van der Waals surface area contributed by atoms with Gasteiger partial charge in [-0.25, -0.2) is 4.79 Å². The molecule has 0 saturated carbocycles. The molecule has 1 fully saturated rings. The molecule has 0 amide bonds. The average Bonchev–Trinajstić information content (AvgIpc) is 2.67. The molecule has 2 atom stereocenters. The molecule has 2 aliphatic rings. The summed E-state index contributed by atoms with van der Waals surface area (Å²) >= 11 is 0. The van der Waals surface area contributed by atoms with Crippen molar-refractivity contribution < 1.29 is 9.53 Å². The third kappa shape index (κ3) is 3.09. The Balaban J connectivity index is 1.62. The Morgan fingerprint density at radius 1 is 1.12 bits per heavy atom. The molecule has 0 radical (unpaired) electrons. The number of nitrogens with zero attached hydrogens (tertiary/aromatic N) is 1. The molecule has 0 bridgehead atoms. The van der Waals surface area contributed by atoms with Crippen molar-refractivity contribution in [2.75, 3.05) is 13.7 Å². The molecule has 3 nitrogen and oxygen atoms in total. The van der Waals surface area contributed by atoms with Gasteiger partial charge in [0.05, 0.1) is 12.7 Å². The van der Waals surface area contributed by atoms with E-state index in [0.29, 0.717) is 12.0 Å². The first kappa shape index (κ1) is 16.3. The van der Waals surface area contributed by atoms with Crippen LogP contribution in [-0.4, -0.2) is 30.6 Å². The zero-order valence-corrected chi connectivity index (χ0v) is 14.8. The highest BCUT2D eigenvalue weighted by molar-refractivity contribution is 5.91.